The fraction of sp³-hybridized carbons (Fsp3) is 0.474. The Morgan fingerprint density at radius 2 is 2.19 bits per heavy atom. The number of aromatic nitrogens is 4. The first-order valence-electron chi connectivity index (χ1n) is 9.30. The molecule has 0 radical (unpaired) electrons. The van der Waals surface area contributed by atoms with Gasteiger partial charge in [-0.05, 0) is 19.3 Å². The molecular formula is C19H23N7O. The summed E-state index contributed by atoms with van der Waals surface area (Å²) in [5.74, 6) is 5.22. The standard InChI is InChI=1S/C19H23N7O/c1-3-14-12-20-19(26-8-4-7-25(9-10-26)13(2)27)22-18(14)21-17-11-16(23-24-17)15-5-6-15/h1,11-12,15H,4-10H2,2H3,(H2,20,21,22,23,24). The monoisotopic (exact) mass is 365 g/mol. The minimum absolute atomic E-state index is 0.104. The molecule has 8 heteroatoms. The molecule has 0 atom stereocenters. The zero-order valence-corrected chi connectivity index (χ0v) is 15.4. The average molecular weight is 365 g/mol. The Hall–Kier alpha value is -3.08. The number of anilines is 3. The van der Waals surface area contributed by atoms with Crippen molar-refractivity contribution in [1.82, 2.24) is 25.1 Å². The Balaban J connectivity index is 1.53. The van der Waals surface area contributed by atoms with Gasteiger partial charge in [-0.2, -0.15) is 10.1 Å². The van der Waals surface area contributed by atoms with Crippen LogP contribution >= 0.6 is 0 Å². The molecule has 1 aliphatic heterocycles. The molecule has 0 bridgehead atoms. The van der Waals surface area contributed by atoms with Crippen LogP contribution < -0.4 is 10.2 Å². The minimum atomic E-state index is 0.104. The quantitative estimate of drug-likeness (QED) is 0.804. The van der Waals surface area contributed by atoms with Crippen molar-refractivity contribution in [3.8, 4) is 12.3 Å². The molecule has 0 spiro atoms. The minimum Gasteiger partial charge on any atom is -0.341 e. The van der Waals surface area contributed by atoms with Crippen LogP contribution in [0, 0.1) is 12.3 Å². The highest BCUT2D eigenvalue weighted by molar-refractivity contribution is 5.73. The van der Waals surface area contributed by atoms with Gasteiger partial charge < -0.3 is 15.1 Å². The zero-order valence-electron chi connectivity index (χ0n) is 15.4. The first-order valence-corrected chi connectivity index (χ1v) is 9.30. The molecule has 1 saturated carbocycles. The molecule has 3 heterocycles. The molecule has 8 nitrogen and oxygen atoms in total. The number of nitrogens with one attached hydrogen (secondary N) is 2. The van der Waals surface area contributed by atoms with Crippen LogP contribution in [0.15, 0.2) is 12.3 Å². The second-order valence-electron chi connectivity index (χ2n) is 7.03. The molecule has 1 aliphatic carbocycles. The molecule has 2 aliphatic rings. The highest BCUT2D eigenvalue weighted by atomic mass is 16.2. The highest BCUT2D eigenvalue weighted by Gasteiger charge is 2.26. The first-order chi connectivity index (χ1) is 13.1. The fourth-order valence-electron chi connectivity index (χ4n) is 3.28. The van der Waals surface area contributed by atoms with E-state index in [0.29, 0.717) is 42.2 Å². The van der Waals surface area contributed by atoms with Crippen molar-refractivity contribution in [2.75, 3.05) is 36.4 Å². The molecule has 2 N–H and O–H groups in total. The summed E-state index contributed by atoms with van der Waals surface area (Å²) >= 11 is 0. The summed E-state index contributed by atoms with van der Waals surface area (Å²) in [5.41, 5.74) is 1.74. The molecule has 2 aromatic heterocycles. The van der Waals surface area contributed by atoms with E-state index in [1.165, 1.54) is 12.8 Å². The van der Waals surface area contributed by atoms with Crippen molar-refractivity contribution in [1.29, 1.82) is 0 Å². The van der Waals surface area contributed by atoms with Crippen LogP contribution in [0.25, 0.3) is 0 Å². The van der Waals surface area contributed by atoms with Crippen LogP contribution in [-0.4, -0.2) is 57.2 Å². The smallest absolute Gasteiger partial charge is 0.227 e. The molecular weight excluding hydrogens is 342 g/mol. The van der Waals surface area contributed by atoms with Gasteiger partial charge in [0.25, 0.3) is 0 Å². The number of amides is 1. The zero-order chi connectivity index (χ0) is 18.8. The van der Waals surface area contributed by atoms with Crippen molar-refractivity contribution >= 4 is 23.5 Å². The van der Waals surface area contributed by atoms with Gasteiger partial charge in [0.1, 0.15) is 0 Å². The normalized spacial score (nSPS) is 17.3. The Morgan fingerprint density at radius 3 is 2.93 bits per heavy atom. The van der Waals surface area contributed by atoms with E-state index in [-0.39, 0.29) is 5.91 Å². The molecule has 140 valence electrons. The SMILES string of the molecule is C#Cc1cnc(N2CCCN(C(C)=O)CC2)nc1Nc1cc(C2CC2)[nH]n1. The van der Waals surface area contributed by atoms with E-state index in [2.05, 4.69) is 36.3 Å². The van der Waals surface area contributed by atoms with E-state index in [9.17, 15) is 4.79 Å². The van der Waals surface area contributed by atoms with Crippen molar-refractivity contribution in [3.63, 3.8) is 0 Å². The lowest BCUT2D eigenvalue weighted by molar-refractivity contribution is -0.128. The first kappa shape index (κ1) is 17.3. The Morgan fingerprint density at radius 1 is 1.33 bits per heavy atom. The molecule has 2 aromatic rings. The maximum Gasteiger partial charge on any atom is 0.227 e. The average Bonchev–Trinajstić information content (AvgIpc) is 3.46. The van der Waals surface area contributed by atoms with Crippen LogP contribution in [0.3, 0.4) is 0 Å². The van der Waals surface area contributed by atoms with Gasteiger partial charge in [0.2, 0.25) is 11.9 Å². The Bertz CT molecular complexity index is 880. The van der Waals surface area contributed by atoms with E-state index in [1.54, 1.807) is 13.1 Å². The number of carbonyl (C=O) groups is 1. The third-order valence-corrected chi connectivity index (χ3v) is 5.02. The third-order valence-electron chi connectivity index (χ3n) is 5.02. The van der Waals surface area contributed by atoms with Gasteiger partial charge in [-0.3, -0.25) is 9.89 Å². The molecule has 27 heavy (non-hydrogen) atoms. The Kier molecular flexibility index (Phi) is 4.67. The van der Waals surface area contributed by atoms with E-state index in [0.717, 1.165) is 25.2 Å². The van der Waals surface area contributed by atoms with E-state index < -0.39 is 0 Å². The third kappa shape index (κ3) is 3.87. The predicted molar refractivity (Wildman–Crippen MR) is 103 cm³/mol. The van der Waals surface area contributed by atoms with Gasteiger partial charge in [-0.1, -0.05) is 5.92 Å². The van der Waals surface area contributed by atoms with Crippen molar-refractivity contribution in [2.24, 2.45) is 0 Å². The highest BCUT2D eigenvalue weighted by Crippen LogP contribution is 2.39. The number of rotatable bonds is 4. The summed E-state index contributed by atoms with van der Waals surface area (Å²) in [4.78, 5) is 24.7. The number of carbonyl (C=O) groups excluding carboxylic acids is 1. The van der Waals surface area contributed by atoms with Gasteiger partial charge in [-0.25, -0.2) is 4.98 Å². The maximum absolute atomic E-state index is 11.6. The molecule has 1 saturated heterocycles. The molecule has 4 rings (SSSR count). The molecule has 0 unspecified atom stereocenters. The van der Waals surface area contributed by atoms with E-state index in [4.69, 9.17) is 6.42 Å². The van der Waals surface area contributed by atoms with Gasteiger partial charge >= 0.3 is 0 Å². The Labute approximate surface area is 158 Å². The number of nitrogens with zero attached hydrogens (tertiary/aromatic N) is 5. The van der Waals surface area contributed by atoms with Crippen molar-refractivity contribution in [2.45, 2.75) is 32.1 Å². The molecule has 1 amide bonds. The van der Waals surface area contributed by atoms with Gasteiger partial charge in [-0.15, -0.1) is 6.42 Å². The van der Waals surface area contributed by atoms with Crippen LogP contribution in [0.2, 0.25) is 0 Å². The second-order valence-corrected chi connectivity index (χ2v) is 7.03. The van der Waals surface area contributed by atoms with Crippen molar-refractivity contribution in [3.05, 3.63) is 23.5 Å². The van der Waals surface area contributed by atoms with Crippen LogP contribution in [-0.2, 0) is 4.79 Å². The lowest BCUT2D eigenvalue weighted by atomic mass is 10.3. The van der Waals surface area contributed by atoms with E-state index in [1.807, 2.05) is 11.0 Å². The van der Waals surface area contributed by atoms with E-state index >= 15 is 0 Å². The number of terminal acetylenes is 1. The second kappa shape index (κ2) is 7.27. The topological polar surface area (TPSA) is 90.0 Å². The maximum atomic E-state index is 11.6. The summed E-state index contributed by atoms with van der Waals surface area (Å²) in [6.07, 6.45) is 10.6. The number of H-pyrrole nitrogens is 1. The number of hydrogen-bond acceptors (Lipinski definition) is 6. The molecule has 0 aromatic carbocycles. The summed E-state index contributed by atoms with van der Waals surface area (Å²) in [6.45, 7) is 4.53. The summed E-state index contributed by atoms with van der Waals surface area (Å²) < 4.78 is 0. The fourth-order valence-corrected chi connectivity index (χ4v) is 3.28. The van der Waals surface area contributed by atoms with Crippen LogP contribution in [0.4, 0.5) is 17.6 Å². The molecule has 2 fully saturated rings. The number of aromatic amines is 1. The van der Waals surface area contributed by atoms with Gasteiger partial charge in [0, 0.05) is 50.8 Å². The van der Waals surface area contributed by atoms with Crippen LogP contribution in [0.1, 0.15) is 43.4 Å². The number of hydrogen-bond donors (Lipinski definition) is 2. The summed E-state index contributed by atoms with van der Waals surface area (Å²) in [6, 6.07) is 2.01. The lowest BCUT2D eigenvalue weighted by Crippen LogP contribution is -2.34. The largest absolute Gasteiger partial charge is 0.341 e. The van der Waals surface area contributed by atoms with Gasteiger partial charge in [0.05, 0.1) is 11.8 Å². The van der Waals surface area contributed by atoms with Crippen LogP contribution in [0.5, 0.6) is 0 Å². The van der Waals surface area contributed by atoms with Gasteiger partial charge in [0.15, 0.2) is 11.6 Å². The lowest BCUT2D eigenvalue weighted by Gasteiger charge is -2.21. The summed E-state index contributed by atoms with van der Waals surface area (Å²) in [7, 11) is 0. The summed E-state index contributed by atoms with van der Waals surface area (Å²) in [5, 5.41) is 10.6. The van der Waals surface area contributed by atoms with Crippen molar-refractivity contribution < 1.29 is 4.79 Å². The predicted octanol–water partition coefficient (Wildman–Crippen LogP) is 1.86.